The molecule has 0 radical (unpaired) electrons. The van der Waals surface area contributed by atoms with Crippen LogP contribution in [0.5, 0.6) is 5.75 Å². The van der Waals surface area contributed by atoms with E-state index in [2.05, 4.69) is 32.2 Å². The Hall–Kier alpha value is -3.48. The molecule has 140 valence electrons. The molecule has 1 aliphatic rings. The SMILES string of the molecule is COc1cccc(-c2nnn(Cc3nn(-c4ccccc4)c4c3CCC4)n2)c1. The van der Waals surface area contributed by atoms with E-state index >= 15 is 0 Å². The molecule has 2 aromatic heterocycles. The average molecular weight is 372 g/mol. The molecule has 5 rings (SSSR count). The first-order valence-corrected chi connectivity index (χ1v) is 9.39. The maximum Gasteiger partial charge on any atom is 0.205 e. The third-order valence-corrected chi connectivity index (χ3v) is 5.09. The van der Waals surface area contributed by atoms with Crippen molar-refractivity contribution in [2.75, 3.05) is 7.11 Å². The average Bonchev–Trinajstić information content (AvgIpc) is 3.47. The Morgan fingerprint density at radius 2 is 1.89 bits per heavy atom. The van der Waals surface area contributed by atoms with Crippen molar-refractivity contribution >= 4 is 0 Å². The number of hydrogen-bond acceptors (Lipinski definition) is 5. The third kappa shape index (κ3) is 2.94. The number of fused-ring (bicyclic) bond motifs is 1. The number of rotatable bonds is 5. The lowest BCUT2D eigenvalue weighted by Crippen LogP contribution is -2.07. The van der Waals surface area contributed by atoms with Gasteiger partial charge < -0.3 is 4.74 Å². The van der Waals surface area contributed by atoms with Crippen LogP contribution in [0.2, 0.25) is 0 Å². The van der Waals surface area contributed by atoms with Crippen molar-refractivity contribution in [3.63, 3.8) is 0 Å². The summed E-state index contributed by atoms with van der Waals surface area (Å²) in [6, 6.07) is 17.9. The highest BCUT2D eigenvalue weighted by Crippen LogP contribution is 2.28. The van der Waals surface area contributed by atoms with Gasteiger partial charge in [0, 0.05) is 11.3 Å². The molecule has 2 heterocycles. The van der Waals surface area contributed by atoms with E-state index in [9.17, 15) is 0 Å². The first-order chi connectivity index (χ1) is 13.8. The van der Waals surface area contributed by atoms with Crippen molar-refractivity contribution in [3.05, 3.63) is 71.5 Å². The predicted molar refractivity (Wildman–Crippen MR) is 104 cm³/mol. The summed E-state index contributed by atoms with van der Waals surface area (Å²) in [7, 11) is 1.65. The standard InChI is InChI=1S/C21H20N6O/c1-28-17-10-5-7-15(13-17)21-22-25-26(24-21)14-19-18-11-6-12-20(18)27(23-19)16-8-3-2-4-9-16/h2-5,7-10,13H,6,11-12,14H2,1H3. The lowest BCUT2D eigenvalue weighted by Gasteiger charge is -2.04. The fourth-order valence-corrected chi connectivity index (χ4v) is 3.75. The molecule has 0 bridgehead atoms. The highest BCUT2D eigenvalue weighted by molar-refractivity contribution is 5.56. The molecule has 2 aromatic carbocycles. The zero-order valence-electron chi connectivity index (χ0n) is 15.6. The summed E-state index contributed by atoms with van der Waals surface area (Å²) in [6.45, 7) is 0.513. The first-order valence-electron chi connectivity index (χ1n) is 9.39. The molecular weight excluding hydrogens is 352 g/mol. The van der Waals surface area contributed by atoms with Crippen molar-refractivity contribution in [2.45, 2.75) is 25.8 Å². The van der Waals surface area contributed by atoms with Gasteiger partial charge in [-0.2, -0.15) is 9.90 Å². The largest absolute Gasteiger partial charge is 0.497 e. The van der Waals surface area contributed by atoms with E-state index in [-0.39, 0.29) is 0 Å². The normalized spacial score (nSPS) is 12.9. The summed E-state index contributed by atoms with van der Waals surface area (Å²) >= 11 is 0. The van der Waals surface area contributed by atoms with Crippen LogP contribution in [0.3, 0.4) is 0 Å². The van der Waals surface area contributed by atoms with Gasteiger partial charge in [-0.1, -0.05) is 30.3 Å². The second-order valence-corrected chi connectivity index (χ2v) is 6.85. The van der Waals surface area contributed by atoms with Crippen molar-refractivity contribution in [2.24, 2.45) is 0 Å². The minimum Gasteiger partial charge on any atom is -0.497 e. The van der Waals surface area contributed by atoms with E-state index in [1.54, 1.807) is 11.9 Å². The zero-order valence-corrected chi connectivity index (χ0v) is 15.6. The van der Waals surface area contributed by atoms with E-state index in [4.69, 9.17) is 9.84 Å². The minimum atomic E-state index is 0.513. The Kier molecular flexibility index (Phi) is 4.12. The van der Waals surface area contributed by atoms with Crippen LogP contribution in [0.15, 0.2) is 54.6 Å². The van der Waals surface area contributed by atoms with Gasteiger partial charge in [-0.25, -0.2) is 4.68 Å². The molecule has 4 aromatic rings. The Morgan fingerprint density at radius 3 is 2.75 bits per heavy atom. The smallest absolute Gasteiger partial charge is 0.205 e. The Balaban J connectivity index is 1.45. The number of nitrogens with zero attached hydrogens (tertiary/aromatic N) is 6. The number of ether oxygens (including phenoxy) is 1. The molecule has 1 aliphatic carbocycles. The number of benzene rings is 2. The summed E-state index contributed by atoms with van der Waals surface area (Å²) in [5.41, 5.74) is 5.62. The van der Waals surface area contributed by atoms with Gasteiger partial charge in [0.05, 0.1) is 18.5 Å². The van der Waals surface area contributed by atoms with Gasteiger partial charge in [-0.3, -0.25) is 0 Å². The van der Waals surface area contributed by atoms with Gasteiger partial charge in [-0.15, -0.1) is 10.2 Å². The highest BCUT2D eigenvalue weighted by Gasteiger charge is 2.23. The van der Waals surface area contributed by atoms with Crippen molar-refractivity contribution in [1.82, 2.24) is 30.0 Å². The summed E-state index contributed by atoms with van der Waals surface area (Å²) < 4.78 is 7.35. The summed E-state index contributed by atoms with van der Waals surface area (Å²) in [5.74, 6) is 1.35. The quantitative estimate of drug-likeness (QED) is 0.538. The van der Waals surface area contributed by atoms with Gasteiger partial charge in [-0.05, 0) is 54.3 Å². The van der Waals surface area contributed by atoms with Crippen LogP contribution in [-0.4, -0.2) is 37.1 Å². The third-order valence-electron chi connectivity index (χ3n) is 5.09. The van der Waals surface area contributed by atoms with Crippen LogP contribution in [0.4, 0.5) is 0 Å². The van der Waals surface area contributed by atoms with Crippen LogP contribution in [0, 0.1) is 0 Å². The lowest BCUT2D eigenvalue weighted by atomic mass is 10.2. The number of tetrazole rings is 1. The molecular formula is C21H20N6O. The predicted octanol–water partition coefficient (Wildman–Crippen LogP) is 3.07. The van der Waals surface area contributed by atoms with E-state index in [0.717, 1.165) is 42.0 Å². The van der Waals surface area contributed by atoms with E-state index < -0.39 is 0 Å². The zero-order chi connectivity index (χ0) is 18.9. The van der Waals surface area contributed by atoms with E-state index in [0.29, 0.717) is 12.4 Å². The molecule has 0 fully saturated rings. The molecule has 0 unspecified atom stereocenters. The second-order valence-electron chi connectivity index (χ2n) is 6.85. The fourth-order valence-electron chi connectivity index (χ4n) is 3.75. The second kappa shape index (κ2) is 6.92. The molecule has 0 saturated heterocycles. The Morgan fingerprint density at radius 1 is 1.00 bits per heavy atom. The van der Waals surface area contributed by atoms with Crippen molar-refractivity contribution in [3.8, 4) is 22.8 Å². The van der Waals surface area contributed by atoms with Crippen LogP contribution >= 0.6 is 0 Å². The maximum atomic E-state index is 5.28. The van der Waals surface area contributed by atoms with Crippen LogP contribution in [-0.2, 0) is 19.4 Å². The monoisotopic (exact) mass is 372 g/mol. The number of para-hydroxylation sites is 1. The Labute approximate surface area is 162 Å². The Bertz CT molecular complexity index is 1120. The molecule has 0 N–H and O–H groups in total. The molecule has 0 amide bonds. The number of aromatic nitrogens is 6. The van der Waals surface area contributed by atoms with E-state index in [1.807, 2.05) is 42.5 Å². The first kappa shape index (κ1) is 16.7. The van der Waals surface area contributed by atoms with Gasteiger partial charge in [0.15, 0.2) is 0 Å². The molecule has 0 aliphatic heterocycles. The summed E-state index contributed by atoms with van der Waals surface area (Å²) in [6.07, 6.45) is 3.26. The van der Waals surface area contributed by atoms with Crippen LogP contribution < -0.4 is 4.74 Å². The molecule has 7 heteroatoms. The number of hydrogen-bond donors (Lipinski definition) is 0. The van der Waals surface area contributed by atoms with Crippen LogP contribution in [0.1, 0.15) is 23.4 Å². The summed E-state index contributed by atoms with van der Waals surface area (Å²) in [5, 5.41) is 17.9. The highest BCUT2D eigenvalue weighted by atomic mass is 16.5. The summed E-state index contributed by atoms with van der Waals surface area (Å²) in [4.78, 5) is 1.62. The van der Waals surface area contributed by atoms with Gasteiger partial charge in [0.2, 0.25) is 5.82 Å². The van der Waals surface area contributed by atoms with Gasteiger partial charge in [0.1, 0.15) is 12.3 Å². The molecule has 0 spiro atoms. The van der Waals surface area contributed by atoms with Crippen molar-refractivity contribution in [1.29, 1.82) is 0 Å². The van der Waals surface area contributed by atoms with Crippen molar-refractivity contribution < 1.29 is 4.74 Å². The van der Waals surface area contributed by atoms with E-state index in [1.165, 1.54) is 11.3 Å². The fraction of sp³-hybridized carbons (Fsp3) is 0.238. The maximum absolute atomic E-state index is 5.28. The minimum absolute atomic E-state index is 0.513. The number of methoxy groups -OCH3 is 1. The topological polar surface area (TPSA) is 70.7 Å². The molecule has 0 atom stereocenters. The van der Waals surface area contributed by atoms with Crippen LogP contribution in [0.25, 0.3) is 17.1 Å². The lowest BCUT2D eigenvalue weighted by molar-refractivity contribution is 0.415. The van der Waals surface area contributed by atoms with Gasteiger partial charge >= 0.3 is 0 Å². The molecule has 0 saturated carbocycles. The molecule has 28 heavy (non-hydrogen) atoms. The van der Waals surface area contributed by atoms with Gasteiger partial charge in [0.25, 0.3) is 0 Å². The molecule has 7 nitrogen and oxygen atoms in total.